The van der Waals surface area contributed by atoms with Gasteiger partial charge in [0.05, 0.1) is 22.5 Å². The second-order valence-corrected chi connectivity index (χ2v) is 8.46. The summed E-state index contributed by atoms with van der Waals surface area (Å²) in [4.78, 5) is 36.2. The number of rotatable bonds is 5. The van der Waals surface area contributed by atoms with Gasteiger partial charge in [0.25, 0.3) is 0 Å². The maximum Gasteiger partial charge on any atom is 0.419 e. The Kier molecular flexibility index (Phi) is 5.53. The molecule has 1 fully saturated rings. The van der Waals surface area contributed by atoms with Gasteiger partial charge in [-0.3, -0.25) is 9.36 Å². The highest BCUT2D eigenvalue weighted by Crippen LogP contribution is 2.33. The Morgan fingerprint density at radius 2 is 2.09 bits per heavy atom. The molecule has 9 nitrogen and oxygen atoms in total. The van der Waals surface area contributed by atoms with Gasteiger partial charge < -0.3 is 13.8 Å². The molecule has 0 unspecified atom stereocenters. The number of carbonyl (C=O) groups excluding carboxylic acids is 1. The van der Waals surface area contributed by atoms with Crippen molar-refractivity contribution in [3.8, 4) is 11.3 Å². The Labute approximate surface area is 190 Å². The molecule has 5 rings (SSSR count). The first-order chi connectivity index (χ1) is 16.0. The molecule has 1 atom stereocenters. The molecule has 4 aromatic rings. The molecule has 0 radical (unpaired) electrons. The topological polar surface area (TPSA) is 107 Å². The first-order valence-electron chi connectivity index (χ1n) is 11.1. The molecule has 0 bridgehead atoms. The number of oxazole rings is 1. The molecule has 0 aliphatic carbocycles. The van der Waals surface area contributed by atoms with E-state index >= 15 is 0 Å². The van der Waals surface area contributed by atoms with E-state index in [2.05, 4.69) is 10.1 Å². The third-order valence-corrected chi connectivity index (χ3v) is 6.12. The Hall–Kier alpha value is -3.75. The van der Waals surface area contributed by atoms with Crippen LogP contribution in [0.15, 0.2) is 50.3 Å². The van der Waals surface area contributed by atoms with Crippen LogP contribution < -0.4 is 5.76 Å². The summed E-state index contributed by atoms with van der Waals surface area (Å²) in [5.74, 6) is 0.961. The average molecular weight is 447 g/mol. The number of hydrogen-bond acceptors (Lipinski definition) is 7. The fourth-order valence-corrected chi connectivity index (χ4v) is 4.50. The van der Waals surface area contributed by atoms with Gasteiger partial charge in [-0.05, 0) is 38.8 Å². The number of aryl methyl sites for hydroxylation is 3. The molecular weight excluding hydrogens is 422 g/mol. The van der Waals surface area contributed by atoms with Crippen LogP contribution in [0.5, 0.6) is 0 Å². The molecule has 1 amide bonds. The molecule has 1 aliphatic rings. The summed E-state index contributed by atoms with van der Waals surface area (Å²) < 4.78 is 12.3. The number of amides is 1. The summed E-state index contributed by atoms with van der Waals surface area (Å²) in [5, 5.41) is 3.99. The standard InChI is InChI=1S/C24H25N5O4/c1-15-12-21(33-27-15)18-13-25-16(2)26-23(18)17-6-5-10-28(14-17)22(30)9-11-29-19-7-3-4-8-20(19)32-24(29)31/h3-4,7-8,12-13,17H,5-6,9-11,14H2,1-2H3/t17-/m0/s1. The quantitative estimate of drug-likeness (QED) is 0.461. The van der Waals surface area contributed by atoms with Crippen molar-refractivity contribution in [1.82, 2.24) is 24.6 Å². The minimum Gasteiger partial charge on any atom is -0.408 e. The largest absolute Gasteiger partial charge is 0.419 e. The first kappa shape index (κ1) is 21.1. The minimum absolute atomic E-state index is 0.0136. The molecule has 1 aromatic carbocycles. The van der Waals surface area contributed by atoms with E-state index in [0.29, 0.717) is 35.8 Å². The summed E-state index contributed by atoms with van der Waals surface area (Å²) in [6.07, 6.45) is 3.80. The molecule has 3 aromatic heterocycles. The number of para-hydroxylation sites is 2. The van der Waals surface area contributed by atoms with Crippen LogP contribution in [0.2, 0.25) is 0 Å². The van der Waals surface area contributed by atoms with Crippen molar-refractivity contribution in [2.45, 2.75) is 45.6 Å². The second-order valence-electron chi connectivity index (χ2n) is 8.46. The summed E-state index contributed by atoms with van der Waals surface area (Å²) in [6, 6.07) is 9.11. The van der Waals surface area contributed by atoms with Crippen molar-refractivity contribution in [2.75, 3.05) is 13.1 Å². The lowest BCUT2D eigenvalue weighted by atomic mass is 9.91. The van der Waals surface area contributed by atoms with Crippen LogP contribution in [-0.2, 0) is 11.3 Å². The molecule has 0 N–H and O–H groups in total. The number of piperidine rings is 1. The molecule has 1 saturated heterocycles. The monoisotopic (exact) mass is 447 g/mol. The van der Waals surface area contributed by atoms with Crippen LogP contribution in [0.1, 0.15) is 42.4 Å². The Morgan fingerprint density at radius 1 is 1.24 bits per heavy atom. The fraction of sp³-hybridized carbons (Fsp3) is 0.375. The summed E-state index contributed by atoms with van der Waals surface area (Å²) >= 11 is 0. The Morgan fingerprint density at radius 3 is 2.91 bits per heavy atom. The zero-order valence-electron chi connectivity index (χ0n) is 18.7. The second kappa shape index (κ2) is 8.65. The third kappa shape index (κ3) is 4.18. The lowest BCUT2D eigenvalue weighted by molar-refractivity contribution is -0.132. The molecule has 170 valence electrons. The van der Waals surface area contributed by atoms with Crippen LogP contribution in [0, 0.1) is 13.8 Å². The van der Waals surface area contributed by atoms with E-state index in [4.69, 9.17) is 13.9 Å². The van der Waals surface area contributed by atoms with Crippen LogP contribution in [0.25, 0.3) is 22.4 Å². The average Bonchev–Trinajstić information content (AvgIpc) is 3.39. The van der Waals surface area contributed by atoms with E-state index in [1.807, 2.05) is 43.0 Å². The van der Waals surface area contributed by atoms with E-state index in [1.54, 1.807) is 12.3 Å². The summed E-state index contributed by atoms with van der Waals surface area (Å²) in [7, 11) is 0. The van der Waals surface area contributed by atoms with Crippen LogP contribution in [0.3, 0.4) is 0 Å². The first-order valence-corrected chi connectivity index (χ1v) is 11.1. The van der Waals surface area contributed by atoms with E-state index in [0.717, 1.165) is 29.8 Å². The molecule has 33 heavy (non-hydrogen) atoms. The molecule has 9 heteroatoms. The molecular formula is C24H25N5O4. The van der Waals surface area contributed by atoms with Gasteiger partial charge in [-0.1, -0.05) is 17.3 Å². The number of hydrogen-bond donors (Lipinski definition) is 0. The smallest absolute Gasteiger partial charge is 0.408 e. The Bertz CT molecular complexity index is 1370. The maximum absolute atomic E-state index is 13.1. The molecule has 0 spiro atoms. The summed E-state index contributed by atoms with van der Waals surface area (Å²) in [5.41, 5.74) is 3.72. The highest BCUT2D eigenvalue weighted by atomic mass is 16.5. The number of aromatic nitrogens is 4. The number of benzene rings is 1. The van der Waals surface area contributed by atoms with Crippen molar-refractivity contribution in [3.05, 3.63) is 64.3 Å². The van der Waals surface area contributed by atoms with Crippen molar-refractivity contribution in [3.63, 3.8) is 0 Å². The highest BCUT2D eigenvalue weighted by Gasteiger charge is 2.29. The highest BCUT2D eigenvalue weighted by molar-refractivity contribution is 5.77. The zero-order valence-corrected chi connectivity index (χ0v) is 18.7. The van der Waals surface area contributed by atoms with Gasteiger partial charge in [-0.2, -0.15) is 0 Å². The summed E-state index contributed by atoms with van der Waals surface area (Å²) in [6.45, 7) is 5.27. The van der Waals surface area contributed by atoms with Crippen LogP contribution in [-0.4, -0.2) is 43.6 Å². The normalized spacial score (nSPS) is 16.4. The number of carbonyl (C=O) groups is 1. The predicted molar refractivity (Wildman–Crippen MR) is 121 cm³/mol. The number of nitrogens with zero attached hydrogens (tertiary/aromatic N) is 5. The van der Waals surface area contributed by atoms with Crippen molar-refractivity contribution >= 4 is 17.0 Å². The minimum atomic E-state index is -0.441. The van der Waals surface area contributed by atoms with Gasteiger partial charge in [0.15, 0.2) is 11.3 Å². The van der Waals surface area contributed by atoms with Gasteiger partial charge in [0.1, 0.15) is 5.82 Å². The number of likely N-dealkylation sites (tertiary alicyclic amines) is 1. The van der Waals surface area contributed by atoms with Gasteiger partial charge in [0, 0.05) is 44.2 Å². The lowest BCUT2D eigenvalue weighted by Crippen LogP contribution is -2.40. The van der Waals surface area contributed by atoms with E-state index in [9.17, 15) is 9.59 Å². The van der Waals surface area contributed by atoms with Gasteiger partial charge in [0.2, 0.25) is 5.91 Å². The van der Waals surface area contributed by atoms with Gasteiger partial charge in [-0.15, -0.1) is 0 Å². The van der Waals surface area contributed by atoms with E-state index in [-0.39, 0.29) is 24.8 Å². The maximum atomic E-state index is 13.1. The lowest BCUT2D eigenvalue weighted by Gasteiger charge is -2.33. The number of fused-ring (bicyclic) bond motifs is 1. The molecule has 1 aliphatic heterocycles. The van der Waals surface area contributed by atoms with Crippen molar-refractivity contribution in [2.24, 2.45) is 0 Å². The zero-order chi connectivity index (χ0) is 22.9. The van der Waals surface area contributed by atoms with E-state index < -0.39 is 5.76 Å². The van der Waals surface area contributed by atoms with Crippen molar-refractivity contribution in [1.29, 1.82) is 0 Å². The third-order valence-electron chi connectivity index (χ3n) is 6.12. The van der Waals surface area contributed by atoms with E-state index in [1.165, 1.54) is 4.57 Å². The van der Waals surface area contributed by atoms with Crippen LogP contribution >= 0.6 is 0 Å². The molecule has 0 saturated carbocycles. The fourth-order valence-electron chi connectivity index (χ4n) is 4.50. The van der Waals surface area contributed by atoms with Crippen molar-refractivity contribution < 1.29 is 13.7 Å². The SMILES string of the molecule is Cc1cc(-c2cnc(C)nc2[C@H]2CCCN(C(=O)CCn3c(=O)oc4ccccc43)C2)on1. The predicted octanol–water partition coefficient (Wildman–Crippen LogP) is 3.45. The van der Waals surface area contributed by atoms with Gasteiger partial charge >= 0.3 is 5.76 Å². The van der Waals surface area contributed by atoms with Gasteiger partial charge in [-0.25, -0.2) is 14.8 Å². The molecule has 4 heterocycles. The van der Waals surface area contributed by atoms with Crippen LogP contribution in [0.4, 0.5) is 0 Å². The Balaban J connectivity index is 1.33.